The minimum atomic E-state index is 0.252. The molecule has 1 fully saturated rings. The Kier molecular flexibility index (Phi) is 5.34. The summed E-state index contributed by atoms with van der Waals surface area (Å²) in [6, 6.07) is 0. The Morgan fingerprint density at radius 1 is 1.15 bits per heavy atom. The second kappa shape index (κ2) is 7.23. The maximum absolute atomic E-state index is 8.77. The number of nitrogens with two attached hydrogens (primary N) is 1. The first kappa shape index (κ1) is 14.8. The Hall–Kier alpha value is -1.63. The second-order valence-corrected chi connectivity index (χ2v) is 5.19. The highest BCUT2D eigenvalue weighted by Gasteiger charge is 2.17. The number of anilines is 3. The molecule has 0 atom stereocenters. The minimum Gasteiger partial charge on any atom is -0.396 e. The molecular weight excluding hydrogens is 256 g/mol. The zero-order valence-corrected chi connectivity index (χ0v) is 12.1. The van der Waals surface area contributed by atoms with Gasteiger partial charge in [-0.3, -0.25) is 0 Å². The van der Waals surface area contributed by atoms with Gasteiger partial charge in [0, 0.05) is 33.3 Å². The highest BCUT2D eigenvalue weighted by molar-refractivity contribution is 5.43. The van der Waals surface area contributed by atoms with Crippen molar-refractivity contribution in [3.63, 3.8) is 0 Å². The van der Waals surface area contributed by atoms with Gasteiger partial charge in [-0.2, -0.15) is 15.0 Å². The third kappa shape index (κ3) is 3.93. The molecule has 1 aliphatic rings. The summed E-state index contributed by atoms with van der Waals surface area (Å²) >= 11 is 0. The maximum Gasteiger partial charge on any atom is 0.231 e. The molecule has 1 aromatic heterocycles. The van der Waals surface area contributed by atoms with E-state index in [1.807, 2.05) is 11.9 Å². The lowest BCUT2D eigenvalue weighted by molar-refractivity contribution is 0.283. The van der Waals surface area contributed by atoms with Crippen LogP contribution in [0.15, 0.2) is 0 Å². The average molecular weight is 280 g/mol. The fourth-order valence-electron chi connectivity index (χ4n) is 2.34. The molecular formula is C13H24N6O. The lowest BCUT2D eigenvalue weighted by Crippen LogP contribution is -2.26. The number of unbranched alkanes of at least 4 members (excludes halogenated alkanes) is 2. The molecule has 7 heteroatoms. The van der Waals surface area contributed by atoms with Crippen molar-refractivity contribution < 1.29 is 5.11 Å². The van der Waals surface area contributed by atoms with Crippen LogP contribution >= 0.6 is 0 Å². The van der Waals surface area contributed by atoms with E-state index in [4.69, 9.17) is 10.8 Å². The van der Waals surface area contributed by atoms with Crippen molar-refractivity contribution in [1.82, 2.24) is 15.0 Å². The SMILES string of the molecule is CN(CCCCCO)c1nc(N)nc(N2CCCC2)n1. The summed E-state index contributed by atoms with van der Waals surface area (Å²) in [4.78, 5) is 17.1. The van der Waals surface area contributed by atoms with Crippen LogP contribution in [0.1, 0.15) is 32.1 Å². The van der Waals surface area contributed by atoms with Gasteiger partial charge in [-0.25, -0.2) is 0 Å². The van der Waals surface area contributed by atoms with Crippen molar-refractivity contribution in [3.05, 3.63) is 0 Å². The van der Waals surface area contributed by atoms with Crippen LogP contribution in [0.25, 0.3) is 0 Å². The Morgan fingerprint density at radius 2 is 1.90 bits per heavy atom. The molecule has 0 bridgehead atoms. The third-order valence-electron chi connectivity index (χ3n) is 3.51. The number of hydrogen-bond acceptors (Lipinski definition) is 7. The molecule has 3 N–H and O–H groups in total. The second-order valence-electron chi connectivity index (χ2n) is 5.19. The van der Waals surface area contributed by atoms with E-state index in [9.17, 15) is 0 Å². The number of aromatic nitrogens is 3. The number of nitrogen functional groups attached to an aromatic ring is 1. The quantitative estimate of drug-likeness (QED) is 0.709. The lowest BCUT2D eigenvalue weighted by atomic mass is 10.2. The first-order chi connectivity index (χ1) is 9.70. The third-order valence-corrected chi connectivity index (χ3v) is 3.51. The van der Waals surface area contributed by atoms with E-state index in [-0.39, 0.29) is 12.6 Å². The van der Waals surface area contributed by atoms with Crippen LogP contribution in [0, 0.1) is 0 Å². The van der Waals surface area contributed by atoms with Gasteiger partial charge in [-0.1, -0.05) is 0 Å². The monoisotopic (exact) mass is 280 g/mol. The summed E-state index contributed by atoms with van der Waals surface area (Å²) < 4.78 is 0. The summed E-state index contributed by atoms with van der Waals surface area (Å²) in [6.07, 6.45) is 5.20. The molecule has 0 aliphatic carbocycles. The summed E-state index contributed by atoms with van der Waals surface area (Å²) in [5, 5.41) is 8.77. The van der Waals surface area contributed by atoms with Gasteiger partial charge < -0.3 is 20.6 Å². The standard InChI is InChI=1S/C13H24N6O/c1-18(7-3-2-6-10-20)12-15-11(14)16-13(17-12)19-8-4-5-9-19/h20H,2-10H2,1H3,(H2,14,15,16,17). The van der Waals surface area contributed by atoms with Crippen molar-refractivity contribution in [2.45, 2.75) is 32.1 Å². The van der Waals surface area contributed by atoms with E-state index in [1.165, 1.54) is 12.8 Å². The van der Waals surface area contributed by atoms with E-state index in [0.29, 0.717) is 11.9 Å². The molecule has 1 aromatic rings. The molecule has 0 aromatic carbocycles. The van der Waals surface area contributed by atoms with E-state index in [0.717, 1.165) is 38.9 Å². The first-order valence-electron chi connectivity index (χ1n) is 7.29. The van der Waals surface area contributed by atoms with E-state index < -0.39 is 0 Å². The fraction of sp³-hybridized carbons (Fsp3) is 0.769. The van der Waals surface area contributed by atoms with Crippen LogP contribution in [0.5, 0.6) is 0 Å². The van der Waals surface area contributed by atoms with E-state index in [2.05, 4.69) is 19.9 Å². The van der Waals surface area contributed by atoms with Crippen molar-refractivity contribution in [2.24, 2.45) is 0 Å². The van der Waals surface area contributed by atoms with Crippen LogP contribution in [0.4, 0.5) is 17.8 Å². The van der Waals surface area contributed by atoms with Crippen LogP contribution in [-0.4, -0.2) is 53.3 Å². The fourth-order valence-corrected chi connectivity index (χ4v) is 2.34. The van der Waals surface area contributed by atoms with Gasteiger partial charge in [0.2, 0.25) is 17.8 Å². The predicted molar refractivity (Wildman–Crippen MR) is 79.9 cm³/mol. The highest BCUT2D eigenvalue weighted by atomic mass is 16.2. The summed E-state index contributed by atoms with van der Waals surface area (Å²) in [7, 11) is 1.96. The largest absolute Gasteiger partial charge is 0.396 e. The maximum atomic E-state index is 8.77. The molecule has 2 heterocycles. The zero-order chi connectivity index (χ0) is 14.4. The van der Waals surface area contributed by atoms with Crippen LogP contribution in [-0.2, 0) is 0 Å². The summed E-state index contributed by atoms with van der Waals surface area (Å²) in [5.74, 6) is 1.59. The Morgan fingerprint density at radius 3 is 2.60 bits per heavy atom. The Bertz CT molecular complexity index is 421. The normalized spacial score (nSPS) is 14.8. The summed E-state index contributed by atoms with van der Waals surface area (Å²) in [6.45, 7) is 3.08. The van der Waals surface area contributed by atoms with Crippen molar-refractivity contribution in [3.8, 4) is 0 Å². The smallest absolute Gasteiger partial charge is 0.231 e. The minimum absolute atomic E-state index is 0.252. The Balaban J connectivity index is 1.99. The molecule has 7 nitrogen and oxygen atoms in total. The van der Waals surface area contributed by atoms with Crippen molar-refractivity contribution in [2.75, 3.05) is 48.8 Å². The molecule has 2 rings (SSSR count). The van der Waals surface area contributed by atoms with Crippen LogP contribution in [0.3, 0.4) is 0 Å². The molecule has 20 heavy (non-hydrogen) atoms. The van der Waals surface area contributed by atoms with Crippen molar-refractivity contribution in [1.29, 1.82) is 0 Å². The molecule has 0 saturated carbocycles. The van der Waals surface area contributed by atoms with Crippen LogP contribution in [0.2, 0.25) is 0 Å². The first-order valence-corrected chi connectivity index (χ1v) is 7.29. The molecule has 0 radical (unpaired) electrons. The van der Waals surface area contributed by atoms with E-state index >= 15 is 0 Å². The molecule has 0 spiro atoms. The average Bonchev–Trinajstić information content (AvgIpc) is 2.97. The number of rotatable bonds is 7. The number of aliphatic hydroxyl groups excluding tert-OH is 1. The predicted octanol–water partition coefficient (Wildman–Crippen LogP) is 0.653. The van der Waals surface area contributed by atoms with Gasteiger partial charge in [0.1, 0.15) is 0 Å². The number of nitrogens with zero attached hydrogens (tertiary/aromatic N) is 5. The molecule has 1 aliphatic heterocycles. The van der Waals surface area contributed by atoms with Crippen molar-refractivity contribution >= 4 is 17.8 Å². The molecule has 0 amide bonds. The van der Waals surface area contributed by atoms with Gasteiger partial charge >= 0.3 is 0 Å². The van der Waals surface area contributed by atoms with Gasteiger partial charge in [-0.15, -0.1) is 0 Å². The van der Waals surface area contributed by atoms with Gasteiger partial charge in [-0.05, 0) is 32.1 Å². The highest BCUT2D eigenvalue weighted by Crippen LogP contribution is 2.19. The zero-order valence-electron chi connectivity index (χ0n) is 12.1. The Labute approximate surface area is 119 Å². The van der Waals surface area contributed by atoms with Gasteiger partial charge in [0.05, 0.1) is 0 Å². The topological polar surface area (TPSA) is 91.4 Å². The summed E-state index contributed by atoms with van der Waals surface area (Å²) in [5.41, 5.74) is 5.79. The molecule has 0 unspecified atom stereocenters. The number of hydrogen-bond donors (Lipinski definition) is 2. The van der Waals surface area contributed by atoms with Crippen LogP contribution < -0.4 is 15.5 Å². The molecule has 112 valence electrons. The van der Waals surface area contributed by atoms with E-state index in [1.54, 1.807) is 0 Å². The molecule has 1 saturated heterocycles. The number of aliphatic hydroxyl groups is 1. The van der Waals surface area contributed by atoms with Gasteiger partial charge in [0.25, 0.3) is 0 Å². The lowest BCUT2D eigenvalue weighted by Gasteiger charge is -2.20. The van der Waals surface area contributed by atoms with Gasteiger partial charge in [0.15, 0.2) is 0 Å².